The van der Waals surface area contributed by atoms with Gasteiger partial charge in [0.1, 0.15) is 0 Å². The first kappa shape index (κ1) is 10.1. The second kappa shape index (κ2) is 7.25. The van der Waals surface area contributed by atoms with Crippen molar-refractivity contribution in [3.63, 3.8) is 0 Å². The molecule has 3 nitrogen and oxygen atoms in total. The summed E-state index contributed by atoms with van der Waals surface area (Å²) in [5.41, 5.74) is 2.35. The molecule has 0 aliphatic heterocycles. The van der Waals surface area contributed by atoms with Gasteiger partial charge < -0.3 is 0 Å². The Bertz CT molecular complexity index is 132. The quantitative estimate of drug-likeness (QED) is 0.367. The molecule has 0 saturated carbocycles. The zero-order valence-corrected chi connectivity index (χ0v) is 7.26. The van der Waals surface area contributed by atoms with Gasteiger partial charge in [-0.1, -0.05) is 19.8 Å². The van der Waals surface area contributed by atoms with E-state index in [9.17, 15) is 4.79 Å². The standard InChI is InChI=1S/C8H16N2O/c1-3-4-5-6-7-9-10-8(2)11/h7H,3-6H2,1-2H3,(H,10,11)/b9-7-. The first-order valence-electron chi connectivity index (χ1n) is 4.05. The fraction of sp³-hybridized carbons (Fsp3) is 0.750. The van der Waals surface area contributed by atoms with Crippen LogP contribution in [0, 0.1) is 0 Å². The van der Waals surface area contributed by atoms with E-state index in [1.807, 2.05) is 0 Å². The fourth-order valence-corrected chi connectivity index (χ4v) is 0.687. The third-order valence-corrected chi connectivity index (χ3v) is 1.25. The lowest BCUT2D eigenvalue weighted by Crippen LogP contribution is -2.11. The van der Waals surface area contributed by atoms with Crippen LogP contribution in [0.3, 0.4) is 0 Å². The lowest BCUT2D eigenvalue weighted by atomic mass is 10.2. The Hall–Kier alpha value is -0.860. The van der Waals surface area contributed by atoms with E-state index in [1.165, 1.54) is 19.8 Å². The molecular formula is C8H16N2O. The number of unbranched alkanes of at least 4 members (excludes halogenated alkanes) is 3. The number of nitrogens with zero attached hydrogens (tertiary/aromatic N) is 1. The number of amides is 1. The number of carbonyl (C=O) groups excluding carboxylic acids is 1. The van der Waals surface area contributed by atoms with Crippen LogP contribution in [0.25, 0.3) is 0 Å². The van der Waals surface area contributed by atoms with E-state index < -0.39 is 0 Å². The lowest BCUT2D eigenvalue weighted by Gasteiger charge is -1.92. The number of hydrogen-bond acceptors (Lipinski definition) is 2. The zero-order valence-electron chi connectivity index (χ0n) is 7.26. The van der Waals surface area contributed by atoms with Gasteiger partial charge in [0.2, 0.25) is 5.91 Å². The molecule has 64 valence electrons. The molecule has 0 rings (SSSR count). The summed E-state index contributed by atoms with van der Waals surface area (Å²) >= 11 is 0. The Morgan fingerprint density at radius 3 is 2.82 bits per heavy atom. The zero-order chi connectivity index (χ0) is 8.53. The van der Waals surface area contributed by atoms with Crippen LogP contribution in [0.15, 0.2) is 5.10 Å². The number of hydrogen-bond donors (Lipinski definition) is 1. The van der Waals surface area contributed by atoms with Crippen molar-refractivity contribution >= 4 is 12.1 Å². The molecule has 0 unspecified atom stereocenters. The summed E-state index contributed by atoms with van der Waals surface area (Å²) < 4.78 is 0. The summed E-state index contributed by atoms with van der Waals surface area (Å²) in [4.78, 5) is 10.3. The maximum atomic E-state index is 10.3. The summed E-state index contributed by atoms with van der Waals surface area (Å²) in [6.45, 7) is 3.61. The maximum absolute atomic E-state index is 10.3. The van der Waals surface area contributed by atoms with Crippen LogP contribution in [-0.4, -0.2) is 12.1 Å². The average Bonchev–Trinajstić information content (AvgIpc) is 1.96. The van der Waals surface area contributed by atoms with Crippen LogP contribution in [0.2, 0.25) is 0 Å². The van der Waals surface area contributed by atoms with E-state index in [4.69, 9.17) is 0 Å². The third kappa shape index (κ3) is 9.14. The van der Waals surface area contributed by atoms with Crippen molar-refractivity contribution < 1.29 is 4.79 Å². The molecule has 1 N–H and O–H groups in total. The van der Waals surface area contributed by atoms with E-state index >= 15 is 0 Å². The van der Waals surface area contributed by atoms with Crippen molar-refractivity contribution in [2.75, 3.05) is 0 Å². The van der Waals surface area contributed by atoms with Crippen LogP contribution in [-0.2, 0) is 4.79 Å². The van der Waals surface area contributed by atoms with Crippen LogP contribution in [0.1, 0.15) is 39.5 Å². The average molecular weight is 156 g/mol. The van der Waals surface area contributed by atoms with Gasteiger partial charge in [-0.25, -0.2) is 5.43 Å². The van der Waals surface area contributed by atoms with Gasteiger partial charge in [0.05, 0.1) is 0 Å². The molecule has 0 fully saturated rings. The summed E-state index contributed by atoms with van der Waals surface area (Å²) in [6.07, 6.45) is 6.30. The highest BCUT2D eigenvalue weighted by Crippen LogP contribution is 1.95. The predicted molar refractivity (Wildman–Crippen MR) is 46.5 cm³/mol. The molecule has 1 amide bonds. The van der Waals surface area contributed by atoms with Crippen LogP contribution in [0.5, 0.6) is 0 Å². The molecule has 0 aliphatic carbocycles. The van der Waals surface area contributed by atoms with Gasteiger partial charge in [0, 0.05) is 13.1 Å². The van der Waals surface area contributed by atoms with E-state index in [0.717, 1.165) is 12.8 Å². The van der Waals surface area contributed by atoms with Gasteiger partial charge in [-0.05, 0) is 12.8 Å². The Balaban J connectivity index is 3.10. The van der Waals surface area contributed by atoms with E-state index in [-0.39, 0.29) is 5.91 Å². The minimum Gasteiger partial charge on any atom is -0.274 e. The number of nitrogens with one attached hydrogen (secondary N) is 1. The predicted octanol–water partition coefficient (Wildman–Crippen LogP) is 1.69. The highest BCUT2D eigenvalue weighted by atomic mass is 16.2. The highest BCUT2D eigenvalue weighted by Gasteiger charge is 1.84. The van der Waals surface area contributed by atoms with Crippen molar-refractivity contribution in [1.82, 2.24) is 5.43 Å². The van der Waals surface area contributed by atoms with E-state index in [1.54, 1.807) is 6.21 Å². The Kier molecular flexibility index (Phi) is 6.68. The van der Waals surface area contributed by atoms with E-state index in [2.05, 4.69) is 17.5 Å². The third-order valence-electron chi connectivity index (χ3n) is 1.25. The Morgan fingerprint density at radius 2 is 2.27 bits per heavy atom. The molecule has 0 saturated heterocycles. The molecule has 11 heavy (non-hydrogen) atoms. The summed E-state index contributed by atoms with van der Waals surface area (Å²) in [6, 6.07) is 0. The molecule has 0 aromatic rings. The van der Waals surface area contributed by atoms with Crippen molar-refractivity contribution in [3.05, 3.63) is 0 Å². The molecule has 0 bridgehead atoms. The monoisotopic (exact) mass is 156 g/mol. The van der Waals surface area contributed by atoms with Crippen molar-refractivity contribution in [2.24, 2.45) is 5.10 Å². The topological polar surface area (TPSA) is 41.5 Å². The molecule has 0 radical (unpaired) electrons. The summed E-state index contributed by atoms with van der Waals surface area (Å²) in [5.74, 6) is -0.114. The molecule has 0 aromatic carbocycles. The van der Waals surface area contributed by atoms with Crippen LogP contribution < -0.4 is 5.43 Å². The second-order valence-corrected chi connectivity index (χ2v) is 2.48. The molecule has 0 heterocycles. The lowest BCUT2D eigenvalue weighted by molar-refractivity contribution is -0.118. The number of carbonyl (C=O) groups is 1. The van der Waals surface area contributed by atoms with Crippen LogP contribution in [0.4, 0.5) is 0 Å². The maximum Gasteiger partial charge on any atom is 0.236 e. The van der Waals surface area contributed by atoms with Gasteiger partial charge in [0.15, 0.2) is 0 Å². The highest BCUT2D eigenvalue weighted by molar-refractivity contribution is 5.73. The van der Waals surface area contributed by atoms with Gasteiger partial charge in [-0.3, -0.25) is 4.79 Å². The van der Waals surface area contributed by atoms with Crippen LogP contribution >= 0.6 is 0 Å². The molecule has 0 aromatic heterocycles. The van der Waals surface area contributed by atoms with Crippen molar-refractivity contribution in [2.45, 2.75) is 39.5 Å². The SMILES string of the molecule is CCCCC/C=N\NC(C)=O. The minimum absolute atomic E-state index is 0.114. The van der Waals surface area contributed by atoms with Gasteiger partial charge in [-0.2, -0.15) is 5.10 Å². The van der Waals surface area contributed by atoms with Crippen molar-refractivity contribution in [1.29, 1.82) is 0 Å². The fourth-order valence-electron chi connectivity index (χ4n) is 0.687. The first-order valence-corrected chi connectivity index (χ1v) is 4.05. The first-order chi connectivity index (χ1) is 5.27. The summed E-state index contributed by atoms with van der Waals surface area (Å²) in [7, 11) is 0. The molecule has 3 heteroatoms. The Labute approximate surface area is 67.9 Å². The number of hydrazone groups is 1. The van der Waals surface area contributed by atoms with Gasteiger partial charge in [-0.15, -0.1) is 0 Å². The molecule has 0 spiro atoms. The smallest absolute Gasteiger partial charge is 0.236 e. The summed E-state index contributed by atoms with van der Waals surface area (Å²) in [5, 5.41) is 3.72. The largest absolute Gasteiger partial charge is 0.274 e. The van der Waals surface area contributed by atoms with Gasteiger partial charge >= 0.3 is 0 Å². The molecular weight excluding hydrogens is 140 g/mol. The molecule has 0 aliphatic rings. The normalized spacial score (nSPS) is 10.4. The van der Waals surface area contributed by atoms with Crippen molar-refractivity contribution in [3.8, 4) is 0 Å². The number of rotatable bonds is 5. The Morgan fingerprint density at radius 1 is 1.55 bits per heavy atom. The minimum atomic E-state index is -0.114. The van der Waals surface area contributed by atoms with E-state index in [0.29, 0.717) is 0 Å². The molecule has 0 atom stereocenters. The second-order valence-electron chi connectivity index (χ2n) is 2.48. The van der Waals surface area contributed by atoms with Gasteiger partial charge in [0.25, 0.3) is 0 Å².